The molecule has 0 aromatic heterocycles. The van der Waals surface area contributed by atoms with E-state index in [9.17, 15) is 12.8 Å². The van der Waals surface area contributed by atoms with Crippen LogP contribution in [0.25, 0.3) is 0 Å². The molecule has 0 aliphatic rings. The summed E-state index contributed by atoms with van der Waals surface area (Å²) >= 11 is 0. The van der Waals surface area contributed by atoms with Gasteiger partial charge in [0.2, 0.25) is 10.0 Å². The summed E-state index contributed by atoms with van der Waals surface area (Å²) in [6, 6.07) is 5.70. The van der Waals surface area contributed by atoms with Crippen LogP contribution in [0, 0.1) is 29.0 Å². The van der Waals surface area contributed by atoms with Crippen LogP contribution in [0.1, 0.15) is 24.5 Å². The molecule has 0 radical (unpaired) electrons. The molecule has 1 aromatic carbocycles. The van der Waals surface area contributed by atoms with E-state index in [2.05, 4.69) is 16.6 Å². The van der Waals surface area contributed by atoms with E-state index >= 15 is 0 Å². The van der Waals surface area contributed by atoms with E-state index < -0.39 is 21.1 Å². The van der Waals surface area contributed by atoms with Crippen LogP contribution in [-0.2, 0) is 16.6 Å². The minimum Gasteiger partial charge on any atom is -0.395 e. The number of nitrogens with one attached hydrogen (secondary N) is 1. The number of nitrogens with zero attached hydrogens (tertiary/aromatic N) is 1. The lowest BCUT2D eigenvalue weighted by molar-refractivity contribution is 0.305. The number of halogens is 1. The van der Waals surface area contributed by atoms with Crippen molar-refractivity contribution in [3.8, 4) is 17.9 Å². The average Bonchev–Trinajstić information content (AvgIpc) is 2.47. The van der Waals surface area contributed by atoms with Crippen LogP contribution in [0.15, 0.2) is 18.2 Å². The molecule has 0 saturated heterocycles. The number of aliphatic hydroxyl groups excluding tert-OH is 1. The Balaban J connectivity index is 2.88. The average molecular weight is 310 g/mol. The van der Waals surface area contributed by atoms with E-state index in [0.717, 1.165) is 0 Å². The molecule has 0 spiro atoms. The molecule has 0 saturated carbocycles. The topological polar surface area (TPSA) is 90.2 Å². The first kappa shape index (κ1) is 17.1. The molecular formula is C14H15FN2O3S. The number of rotatable bonds is 5. The molecule has 1 atom stereocenters. The van der Waals surface area contributed by atoms with Crippen LogP contribution in [0.2, 0.25) is 0 Å². The van der Waals surface area contributed by atoms with Gasteiger partial charge in [-0.05, 0) is 25.1 Å². The Morgan fingerprint density at radius 2 is 2.19 bits per heavy atom. The molecule has 21 heavy (non-hydrogen) atoms. The molecule has 0 aliphatic carbocycles. The maximum Gasteiger partial charge on any atom is 0.227 e. The molecule has 0 amide bonds. The van der Waals surface area contributed by atoms with Gasteiger partial charge in [0.15, 0.2) is 5.25 Å². The summed E-state index contributed by atoms with van der Waals surface area (Å²) in [5.74, 6) is 4.87. The van der Waals surface area contributed by atoms with Gasteiger partial charge in [0, 0.05) is 24.1 Å². The van der Waals surface area contributed by atoms with Crippen LogP contribution < -0.4 is 4.72 Å². The van der Waals surface area contributed by atoms with Crippen LogP contribution in [-0.4, -0.2) is 25.4 Å². The third kappa shape index (κ3) is 5.16. The summed E-state index contributed by atoms with van der Waals surface area (Å²) in [6.07, 6.45) is 0.305. The number of aliphatic hydroxyl groups is 1. The van der Waals surface area contributed by atoms with Crippen LogP contribution in [0.3, 0.4) is 0 Å². The predicted octanol–water partition coefficient (Wildman–Crippen LogP) is 0.891. The van der Waals surface area contributed by atoms with Gasteiger partial charge in [0.25, 0.3) is 0 Å². The Morgan fingerprint density at radius 3 is 2.81 bits per heavy atom. The monoisotopic (exact) mass is 310 g/mol. The normalized spacial score (nSPS) is 12.1. The Morgan fingerprint density at radius 1 is 1.48 bits per heavy atom. The lowest BCUT2D eigenvalue weighted by Crippen LogP contribution is -2.31. The molecule has 112 valence electrons. The van der Waals surface area contributed by atoms with Crippen molar-refractivity contribution in [3.63, 3.8) is 0 Å². The maximum absolute atomic E-state index is 13.6. The highest BCUT2D eigenvalue weighted by molar-refractivity contribution is 7.90. The number of nitriles is 1. The van der Waals surface area contributed by atoms with Gasteiger partial charge in [0.05, 0.1) is 12.7 Å². The fourth-order valence-electron chi connectivity index (χ4n) is 1.38. The smallest absolute Gasteiger partial charge is 0.227 e. The lowest BCUT2D eigenvalue weighted by atomic mass is 10.1. The molecule has 0 bridgehead atoms. The van der Waals surface area contributed by atoms with E-state index in [1.165, 1.54) is 25.1 Å². The summed E-state index contributed by atoms with van der Waals surface area (Å²) in [7, 11) is -3.81. The summed E-state index contributed by atoms with van der Waals surface area (Å²) < 4.78 is 39.1. The van der Waals surface area contributed by atoms with Crippen molar-refractivity contribution >= 4 is 10.0 Å². The minimum atomic E-state index is -3.81. The van der Waals surface area contributed by atoms with Crippen molar-refractivity contribution in [1.29, 1.82) is 5.26 Å². The Kier molecular flexibility index (Phi) is 6.32. The summed E-state index contributed by atoms with van der Waals surface area (Å²) in [5, 5.41) is 16.0. The molecule has 0 aliphatic heterocycles. The number of hydrogen-bond donors (Lipinski definition) is 2. The van der Waals surface area contributed by atoms with Gasteiger partial charge in [-0.25, -0.2) is 17.5 Å². The van der Waals surface area contributed by atoms with Crippen molar-refractivity contribution in [2.24, 2.45) is 0 Å². The molecule has 2 N–H and O–H groups in total. The first-order chi connectivity index (χ1) is 9.90. The second-order valence-corrected chi connectivity index (χ2v) is 6.30. The number of sulfonamides is 1. The highest BCUT2D eigenvalue weighted by Gasteiger charge is 2.19. The summed E-state index contributed by atoms with van der Waals surface area (Å²) in [5.41, 5.74) is 0.659. The Bertz CT molecular complexity index is 699. The standard InChI is InChI=1S/C14H15FN2O3S/c1-11(9-16)21(19,20)17-10-13-8-12(4-2-3-7-18)5-6-14(13)15/h5-6,8,11,17-18H,3,7,10H2,1H3. The molecule has 0 fully saturated rings. The summed E-state index contributed by atoms with van der Waals surface area (Å²) in [6.45, 7) is 0.929. The van der Waals surface area contributed by atoms with Crippen molar-refractivity contribution in [3.05, 3.63) is 35.1 Å². The highest BCUT2D eigenvalue weighted by Crippen LogP contribution is 2.11. The van der Waals surface area contributed by atoms with Crippen LogP contribution >= 0.6 is 0 Å². The van der Waals surface area contributed by atoms with E-state index in [-0.39, 0.29) is 18.7 Å². The zero-order chi connectivity index (χ0) is 15.9. The molecular weight excluding hydrogens is 295 g/mol. The Labute approximate surface area is 123 Å². The minimum absolute atomic E-state index is 0.0626. The first-order valence-electron chi connectivity index (χ1n) is 6.17. The fourth-order valence-corrected chi connectivity index (χ4v) is 2.13. The maximum atomic E-state index is 13.6. The van der Waals surface area contributed by atoms with Crippen LogP contribution in [0.5, 0.6) is 0 Å². The van der Waals surface area contributed by atoms with E-state index in [0.29, 0.717) is 12.0 Å². The predicted molar refractivity (Wildman–Crippen MR) is 75.8 cm³/mol. The van der Waals surface area contributed by atoms with Gasteiger partial charge in [0.1, 0.15) is 5.82 Å². The Hall–Kier alpha value is -1.93. The third-order valence-electron chi connectivity index (χ3n) is 2.63. The molecule has 1 rings (SSSR count). The van der Waals surface area contributed by atoms with Crippen molar-refractivity contribution < 1.29 is 17.9 Å². The van der Waals surface area contributed by atoms with Gasteiger partial charge < -0.3 is 5.11 Å². The van der Waals surface area contributed by atoms with Gasteiger partial charge in [-0.3, -0.25) is 0 Å². The first-order valence-corrected chi connectivity index (χ1v) is 7.71. The number of hydrogen-bond acceptors (Lipinski definition) is 4. The second kappa shape index (κ2) is 7.75. The SMILES string of the molecule is CC(C#N)S(=O)(=O)NCc1cc(C#CCCO)ccc1F. The zero-order valence-corrected chi connectivity index (χ0v) is 12.2. The molecule has 0 heterocycles. The van der Waals surface area contributed by atoms with Crippen molar-refractivity contribution in [2.75, 3.05) is 6.61 Å². The van der Waals surface area contributed by atoms with E-state index in [1.54, 1.807) is 6.07 Å². The molecule has 7 heteroatoms. The second-order valence-electron chi connectivity index (χ2n) is 4.22. The van der Waals surface area contributed by atoms with Crippen molar-refractivity contribution in [1.82, 2.24) is 4.72 Å². The molecule has 1 unspecified atom stereocenters. The lowest BCUT2D eigenvalue weighted by Gasteiger charge is -2.09. The van der Waals surface area contributed by atoms with Gasteiger partial charge >= 0.3 is 0 Å². The van der Waals surface area contributed by atoms with Gasteiger partial charge in [-0.2, -0.15) is 5.26 Å². The van der Waals surface area contributed by atoms with Gasteiger partial charge in [-0.1, -0.05) is 11.8 Å². The third-order valence-corrected chi connectivity index (χ3v) is 4.21. The quantitative estimate of drug-likeness (QED) is 0.790. The summed E-state index contributed by atoms with van der Waals surface area (Å²) in [4.78, 5) is 0. The van der Waals surface area contributed by atoms with Gasteiger partial charge in [-0.15, -0.1) is 0 Å². The largest absolute Gasteiger partial charge is 0.395 e. The molecule has 1 aromatic rings. The fraction of sp³-hybridized carbons (Fsp3) is 0.357. The van der Waals surface area contributed by atoms with Crippen LogP contribution in [0.4, 0.5) is 4.39 Å². The van der Waals surface area contributed by atoms with E-state index in [4.69, 9.17) is 10.4 Å². The molecule has 5 nitrogen and oxygen atoms in total. The zero-order valence-electron chi connectivity index (χ0n) is 11.4. The van der Waals surface area contributed by atoms with E-state index in [1.807, 2.05) is 0 Å². The van der Waals surface area contributed by atoms with Crippen molar-refractivity contribution in [2.45, 2.75) is 25.1 Å². The number of benzene rings is 1. The highest BCUT2D eigenvalue weighted by atomic mass is 32.2.